The highest BCUT2D eigenvalue weighted by Crippen LogP contribution is 2.41. The van der Waals surface area contributed by atoms with E-state index >= 15 is 0 Å². The number of rotatable bonds is 2. The van der Waals surface area contributed by atoms with Crippen LogP contribution in [0, 0.1) is 23.5 Å². The summed E-state index contributed by atoms with van der Waals surface area (Å²) in [6.45, 7) is 4.33. The van der Waals surface area contributed by atoms with Gasteiger partial charge in [-0.1, -0.05) is 6.07 Å². The predicted octanol–water partition coefficient (Wildman–Crippen LogP) is 2.03. The number of carbonyl (C=O) groups excluding carboxylic acids is 1. The van der Waals surface area contributed by atoms with Crippen LogP contribution < -0.4 is 0 Å². The number of carbonyl (C=O) groups is 1. The first-order valence-corrected chi connectivity index (χ1v) is 9.01. The molecule has 1 amide bonds. The molecule has 136 valence electrons. The molecule has 0 aromatic heterocycles. The van der Waals surface area contributed by atoms with Crippen LogP contribution in [0.5, 0.6) is 0 Å². The summed E-state index contributed by atoms with van der Waals surface area (Å²) in [4.78, 5) is 17.7. The quantitative estimate of drug-likeness (QED) is 0.818. The van der Waals surface area contributed by atoms with Crippen molar-refractivity contribution >= 4 is 5.91 Å². The van der Waals surface area contributed by atoms with Gasteiger partial charge < -0.3 is 14.5 Å². The van der Waals surface area contributed by atoms with E-state index in [2.05, 4.69) is 11.9 Å². The van der Waals surface area contributed by atoms with Crippen LogP contribution in [0.3, 0.4) is 0 Å². The maximum Gasteiger partial charge on any atom is 0.233 e. The number of hydrogen-bond acceptors (Lipinski definition) is 3. The molecule has 0 radical (unpaired) electrons. The largest absolute Gasteiger partial charge is 0.381 e. The minimum atomic E-state index is -0.930. The average Bonchev–Trinajstić information content (AvgIpc) is 3.12. The van der Waals surface area contributed by atoms with Gasteiger partial charge in [0.1, 0.15) is 11.6 Å². The molecule has 3 aliphatic rings. The van der Waals surface area contributed by atoms with Gasteiger partial charge in [0.2, 0.25) is 5.91 Å². The molecular weight excluding hydrogens is 326 g/mol. The lowest BCUT2D eigenvalue weighted by atomic mass is 9.72. The molecule has 25 heavy (non-hydrogen) atoms. The van der Waals surface area contributed by atoms with Crippen molar-refractivity contribution in [2.24, 2.45) is 11.8 Å². The van der Waals surface area contributed by atoms with Crippen molar-refractivity contribution in [3.63, 3.8) is 0 Å². The van der Waals surface area contributed by atoms with Crippen LogP contribution in [-0.2, 0) is 14.9 Å². The first kappa shape index (κ1) is 16.9. The van der Waals surface area contributed by atoms with Gasteiger partial charge in [-0.3, -0.25) is 4.79 Å². The zero-order valence-corrected chi connectivity index (χ0v) is 14.5. The molecular formula is C19H24F2N2O2. The molecule has 0 unspecified atom stereocenters. The summed E-state index contributed by atoms with van der Waals surface area (Å²) in [6.07, 6.45) is 0.889. The third kappa shape index (κ3) is 2.85. The smallest absolute Gasteiger partial charge is 0.233 e. The molecule has 0 spiro atoms. The fraction of sp³-hybridized carbons (Fsp3) is 0.632. The van der Waals surface area contributed by atoms with Gasteiger partial charge >= 0.3 is 0 Å². The molecule has 3 heterocycles. The average molecular weight is 350 g/mol. The monoisotopic (exact) mass is 350 g/mol. The normalized spacial score (nSPS) is 29.0. The third-order valence-corrected chi connectivity index (χ3v) is 6.16. The minimum Gasteiger partial charge on any atom is -0.381 e. The van der Waals surface area contributed by atoms with Crippen LogP contribution in [0.15, 0.2) is 18.2 Å². The lowest BCUT2D eigenvalue weighted by molar-refractivity contribution is -0.140. The molecule has 4 nitrogen and oxygen atoms in total. The third-order valence-electron chi connectivity index (χ3n) is 6.16. The van der Waals surface area contributed by atoms with Gasteiger partial charge in [-0.05, 0) is 37.8 Å². The Hall–Kier alpha value is -1.53. The summed E-state index contributed by atoms with van der Waals surface area (Å²) in [7, 11) is 2.11. The number of likely N-dealkylation sites (tertiary alicyclic amines) is 2. The van der Waals surface area contributed by atoms with Gasteiger partial charge in [-0.25, -0.2) is 8.78 Å². The molecule has 4 rings (SSSR count). The van der Waals surface area contributed by atoms with Crippen molar-refractivity contribution in [1.82, 2.24) is 9.80 Å². The highest BCUT2D eigenvalue weighted by Gasteiger charge is 2.49. The van der Waals surface area contributed by atoms with E-state index in [1.807, 2.05) is 4.90 Å². The first-order chi connectivity index (χ1) is 12.0. The Morgan fingerprint density at radius 1 is 1.12 bits per heavy atom. The van der Waals surface area contributed by atoms with Gasteiger partial charge in [0.25, 0.3) is 0 Å². The van der Waals surface area contributed by atoms with Crippen molar-refractivity contribution in [3.8, 4) is 0 Å². The number of fused-ring (bicyclic) bond motifs is 1. The van der Waals surface area contributed by atoms with Gasteiger partial charge in [0, 0.05) is 51.0 Å². The molecule has 3 saturated heterocycles. The van der Waals surface area contributed by atoms with E-state index in [-0.39, 0.29) is 5.91 Å². The zero-order valence-electron chi connectivity index (χ0n) is 14.5. The molecule has 2 atom stereocenters. The van der Waals surface area contributed by atoms with Crippen LogP contribution in [0.25, 0.3) is 0 Å². The SMILES string of the molecule is CN1C[C@@H]2CN(C(=O)C3(c4ccc(F)cc4F)CCOCC3)C[C@@H]2C1. The van der Waals surface area contributed by atoms with E-state index < -0.39 is 17.0 Å². The second kappa shape index (κ2) is 6.32. The van der Waals surface area contributed by atoms with Crippen LogP contribution in [0.4, 0.5) is 8.78 Å². The van der Waals surface area contributed by atoms with Crippen LogP contribution in [0.2, 0.25) is 0 Å². The summed E-state index contributed by atoms with van der Waals surface area (Å²) in [5.41, 5.74) is -0.614. The van der Waals surface area contributed by atoms with Crippen LogP contribution in [0.1, 0.15) is 18.4 Å². The zero-order chi connectivity index (χ0) is 17.6. The number of ether oxygens (including phenoxy) is 1. The van der Waals surface area contributed by atoms with E-state index in [0.29, 0.717) is 43.5 Å². The molecule has 1 aromatic carbocycles. The van der Waals surface area contributed by atoms with E-state index in [4.69, 9.17) is 4.74 Å². The molecule has 3 fully saturated rings. The van der Waals surface area contributed by atoms with E-state index in [0.717, 1.165) is 32.2 Å². The summed E-state index contributed by atoms with van der Waals surface area (Å²) >= 11 is 0. The highest BCUT2D eigenvalue weighted by atomic mass is 19.1. The standard InChI is InChI=1S/C19H24F2N2O2/c1-22-9-13-11-23(12-14(13)10-22)18(24)19(4-6-25-7-5-19)16-3-2-15(20)8-17(16)21/h2-3,8,13-14H,4-7,9-12H2,1H3/t13-,14+. The number of nitrogens with zero attached hydrogens (tertiary/aromatic N) is 2. The minimum absolute atomic E-state index is 0.0154. The summed E-state index contributed by atoms with van der Waals surface area (Å²) < 4.78 is 33.4. The number of halogens is 2. The summed E-state index contributed by atoms with van der Waals surface area (Å²) in [5.74, 6) is -0.254. The Labute approximate surface area is 146 Å². The Bertz CT molecular complexity index is 661. The lowest BCUT2D eigenvalue weighted by Crippen LogP contribution is -2.50. The van der Waals surface area contributed by atoms with E-state index in [9.17, 15) is 13.6 Å². The first-order valence-electron chi connectivity index (χ1n) is 9.01. The number of benzene rings is 1. The van der Waals surface area contributed by atoms with Crippen molar-refractivity contribution in [2.75, 3.05) is 46.4 Å². The molecule has 3 aliphatic heterocycles. The van der Waals surface area contributed by atoms with Crippen molar-refractivity contribution in [2.45, 2.75) is 18.3 Å². The topological polar surface area (TPSA) is 32.8 Å². The molecule has 0 aliphatic carbocycles. The molecule has 0 N–H and O–H groups in total. The molecule has 6 heteroatoms. The van der Waals surface area contributed by atoms with E-state index in [1.165, 1.54) is 12.1 Å². The Kier molecular flexibility index (Phi) is 4.28. The van der Waals surface area contributed by atoms with Gasteiger partial charge in [-0.15, -0.1) is 0 Å². The Morgan fingerprint density at radius 3 is 2.36 bits per heavy atom. The van der Waals surface area contributed by atoms with Crippen LogP contribution in [-0.4, -0.2) is 62.1 Å². The van der Waals surface area contributed by atoms with Crippen molar-refractivity contribution in [1.29, 1.82) is 0 Å². The molecule has 0 saturated carbocycles. The second-order valence-electron chi connectivity index (χ2n) is 7.77. The number of amides is 1. The Morgan fingerprint density at radius 2 is 1.76 bits per heavy atom. The van der Waals surface area contributed by atoms with Crippen LogP contribution >= 0.6 is 0 Å². The van der Waals surface area contributed by atoms with Crippen molar-refractivity contribution in [3.05, 3.63) is 35.4 Å². The van der Waals surface area contributed by atoms with Gasteiger partial charge in [0.15, 0.2) is 0 Å². The van der Waals surface area contributed by atoms with Crippen molar-refractivity contribution < 1.29 is 18.3 Å². The second-order valence-corrected chi connectivity index (χ2v) is 7.77. The highest BCUT2D eigenvalue weighted by molar-refractivity contribution is 5.89. The molecule has 0 bridgehead atoms. The Balaban J connectivity index is 1.64. The maximum atomic E-state index is 14.6. The molecule has 1 aromatic rings. The number of hydrogen-bond donors (Lipinski definition) is 0. The lowest BCUT2D eigenvalue weighted by Gasteiger charge is -2.39. The fourth-order valence-electron chi connectivity index (χ4n) is 4.89. The predicted molar refractivity (Wildman–Crippen MR) is 89.1 cm³/mol. The summed E-state index contributed by atoms with van der Waals surface area (Å²) in [6, 6.07) is 3.57. The fourth-order valence-corrected chi connectivity index (χ4v) is 4.89. The van der Waals surface area contributed by atoms with E-state index in [1.54, 1.807) is 0 Å². The van der Waals surface area contributed by atoms with Gasteiger partial charge in [-0.2, -0.15) is 0 Å². The summed E-state index contributed by atoms with van der Waals surface area (Å²) in [5, 5.41) is 0. The maximum absolute atomic E-state index is 14.6. The van der Waals surface area contributed by atoms with Gasteiger partial charge in [0.05, 0.1) is 5.41 Å².